The summed E-state index contributed by atoms with van der Waals surface area (Å²) in [6, 6.07) is 5.25. The number of aryl methyl sites for hydroxylation is 1. The average Bonchev–Trinajstić information content (AvgIpc) is 2.15. The Hall–Kier alpha value is -1.29. The largest absolute Gasteiger partial charge is 0.407 e. The van der Waals surface area contributed by atoms with Crippen LogP contribution in [-0.4, -0.2) is 12.2 Å². The first-order valence-electron chi connectivity index (χ1n) is 4.47. The lowest BCUT2D eigenvalue weighted by atomic mass is 10.1. The predicted octanol–water partition coefficient (Wildman–Crippen LogP) is 2.90. The molecule has 0 aromatic heterocycles. The van der Waals surface area contributed by atoms with Gasteiger partial charge in [-0.15, -0.1) is 0 Å². The van der Waals surface area contributed by atoms with Gasteiger partial charge in [-0.05, 0) is 12.5 Å². The van der Waals surface area contributed by atoms with Crippen LogP contribution in [-0.2, 0) is 0 Å². The van der Waals surface area contributed by atoms with E-state index in [1.54, 1.807) is 12.1 Å². The van der Waals surface area contributed by atoms with Crippen LogP contribution in [0.4, 0.5) is 13.2 Å². The fourth-order valence-corrected chi connectivity index (χ4v) is 1.00. The maximum Gasteiger partial charge on any atom is 0.407 e. The Bertz CT molecular complexity index is 338. The van der Waals surface area contributed by atoms with Crippen molar-refractivity contribution in [1.29, 1.82) is 0 Å². The summed E-state index contributed by atoms with van der Waals surface area (Å²) in [6.07, 6.45) is -2.05. The molecular weight excluding hydrogens is 203 g/mol. The topological polar surface area (TPSA) is 26.0 Å². The minimum Gasteiger partial charge on any atom is -0.317 e. The van der Waals surface area contributed by atoms with Crippen molar-refractivity contribution in [3.05, 3.63) is 41.5 Å². The number of halogens is 3. The van der Waals surface area contributed by atoms with Gasteiger partial charge in [-0.3, -0.25) is 0 Å². The summed E-state index contributed by atoms with van der Waals surface area (Å²) < 4.78 is 36.1. The molecular formula is C11H12F3N. The maximum atomic E-state index is 12.0. The zero-order chi connectivity index (χ0) is 11.5. The molecule has 1 rings (SSSR count). The van der Waals surface area contributed by atoms with E-state index in [4.69, 9.17) is 5.73 Å². The summed E-state index contributed by atoms with van der Waals surface area (Å²) >= 11 is 0. The molecule has 1 aromatic rings. The molecule has 0 aliphatic rings. The third-order valence-electron chi connectivity index (χ3n) is 1.95. The molecule has 0 spiro atoms. The summed E-state index contributed by atoms with van der Waals surface area (Å²) in [4.78, 5) is 0. The van der Waals surface area contributed by atoms with Crippen molar-refractivity contribution in [2.24, 2.45) is 5.73 Å². The molecule has 15 heavy (non-hydrogen) atoms. The molecule has 0 aliphatic carbocycles. The van der Waals surface area contributed by atoms with Gasteiger partial charge in [0, 0.05) is 0 Å². The molecule has 0 saturated heterocycles. The van der Waals surface area contributed by atoms with Crippen LogP contribution in [0.25, 0.3) is 6.08 Å². The lowest BCUT2D eigenvalue weighted by Crippen LogP contribution is -2.35. The zero-order valence-corrected chi connectivity index (χ0v) is 8.25. The second-order valence-electron chi connectivity index (χ2n) is 3.34. The van der Waals surface area contributed by atoms with Gasteiger partial charge in [0.25, 0.3) is 0 Å². The zero-order valence-electron chi connectivity index (χ0n) is 8.25. The van der Waals surface area contributed by atoms with Crippen LogP contribution in [0, 0.1) is 6.92 Å². The van der Waals surface area contributed by atoms with Crippen molar-refractivity contribution >= 4 is 6.08 Å². The quantitative estimate of drug-likeness (QED) is 0.806. The van der Waals surface area contributed by atoms with E-state index in [9.17, 15) is 13.2 Å². The van der Waals surface area contributed by atoms with Crippen LogP contribution in [0.15, 0.2) is 30.3 Å². The highest BCUT2D eigenvalue weighted by Crippen LogP contribution is 2.19. The first kappa shape index (κ1) is 11.8. The van der Waals surface area contributed by atoms with E-state index < -0.39 is 12.2 Å². The van der Waals surface area contributed by atoms with E-state index in [1.165, 1.54) is 6.08 Å². The number of alkyl halides is 3. The minimum atomic E-state index is -4.37. The van der Waals surface area contributed by atoms with Crippen molar-refractivity contribution in [1.82, 2.24) is 0 Å². The van der Waals surface area contributed by atoms with E-state index >= 15 is 0 Å². The van der Waals surface area contributed by atoms with Gasteiger partial charge < -0.3 is 5.73 Å². The molecule has 2 N–H and O–H groups in total. The van der Waals surface area contributed by atoms with E-state index in [2.05, 4.69) is 0 Å². The van der Waals surface area contributed by atoms with Crippen LogP contribution in [0.5, 0.6) is 0 Å². The van der Waals surface area contributed by atoms with Gasteiger partial charge in [-0.2, -0.15) is 13.2 Å². The fourth-order valence-electron chi connectivity index (χ4n) is 1.00. The summed E-state index contributed by atoms with van der Waals surface area (Å²) in [6.45, 7) is 1.91. The molecule has 0 unspecified atom stereocenters. The summed E-state index contributed by atoms with van der Waals surface area (Å²) in [5.41, 5.74) is 6.69. The highest BCUT2D eigenvalue weighted by atomic mass is 19.4. The molecule has 0 bridgehead atoms. The van der Waals surface area contributed by atoms with Crippen LogP contribution >= 0.6 is 0 Å². The van der Waals surface area contributed by atoms with Crippen LogP contribution < -0.4 is 5.73 Å². The summed E-state index contributed by atoms with van der Waals surface area (Å²) in [5.74, 6) is 0. The lowest BCUT2D eigenvalue weighted by molar-refractivity contribution is -0.136. The summed E-state index contributed by atoms with van der Waals surface area (Å²) in [7, 11) is 0. The van der Waals surface area contributed by atoms with Gasteiger partial charge >= 0.3 is 6.18 Å². The maximum absolute atomic E-state index is 12.0. The predicted molar refractivity (Wildman–Crippen MR) is 54.2 cm³/mol. The molecule has 82 valence electrons. The number of nitrogens with two attached hydrogens (primary N) is 1. The normalized spacial score (nSPS) is 14.5. The monoisotopic (exact) mass is 215 g/mol. The van der Waals surface area contributed by atoms with Crippen LogP contribution in [0.3, 0.4) is 0 Å². The average molecular weight is 215 g/mol. The van der Waals surface area contributed by atoms with Gasteiger partial charge in [0.05, 0.1) is 0 Å². The van der Waals surface area contributed by atoms with Crippen molar-refractivity contribution < 1.29 is 13.2 Å². The Morgan fingerprint density at radius 1 is 1.20 bits per heavy atom. The van der Waals surface area contributed by atoms with E-state index in [0.717, 1.165) is 11.6 Å². The van der Waals surface area contributed by atoms with Crippen molar-refractivity contribution in [3.63, 3.8) is 0 Å². The van der Waals surface area contributed by atoms with E-state index in [-0.39, 0.29) is 0 Å². The third kappa shape index (κ3) is 3.75. The number of hydrogen-bond donors (Lipinski definition) is 1. The molecule has 0 aliphatic heterocycles. The molecule has 0 radical (unpaired) electrons. The molecule has 0 amide bonds. The number of rotatable bonds is 2. The molecule has 1 nitrogen and oxygen atoms in total. The van der Waals surface area contributed by atoms with Gasteiger partial charge in [0.15, 0.2) is 0 Å². The fraction of sp³-hybridized carbons (Fsp3) is 0.273. The van der Waals surface area contributed by atoms with Gasteiger partial charge in [0.2, 0.25) is 0 Å². The van der Waals surface area contributed by atoms with E-state index in [0.29, 0.717) is 5.56 Å². The first-order chi connectivity index (χ1) is 6.89. The summed E-state index contributed by atoms with van der Waals surface area (Å²) in [5, 5.41) is 0. The van der Waals surface area contributed by atoms with Crippen molar-refractivity contribution in [2.75, 3.05) is 0 Å². The van der Waals surface area contributed by atoms with Crippen LogP contribution in [0.1, 0.15) is 11.1 Å². The Morgan fingerprint density at radius 3 is 2.20 bits per heavy atom. The molecule has 0 heterocycles. The lowest BCUT2D eigenvalue weighted by Gasteiger charge is -2.10. The van der Waals surface area contributed by atoms with Crippen LogP contribution in [0.2, 0.25) is 0 Å². The molecule has 4 heteroatoms. The molecule has 1 aromatic carbocycles. The second kappa shape index (κ2) is 4.49. The molecule has 0 saturated carbocycles. The van der Waals surface area contributed by atoms with Gasteiger partial charge in [0.1, 0.15) is 6.04 Å². The second-order valence-corrected chi connectivity index (χ2v) is 3.34. The Labute approximate surface area is 86.4 Å². The molecule has 0 fully saturated rings. The smallest absolute Gasteiger partial charge is 0.317 e. The number of benzene rings is 1. The highest BCUT2D eigenvalue weighted by molar-refractivity contribution is 5.50. The Kier molecular flexibility index (Phi) is 3.52. The highest BCUT2D eigenvalue weighted by Gasteiger charge is 2.34. The third-order valence-corrected chi connectivity index (χ3v) is 1.95. The van der Waals surface area contributed by atoms with Gasteiger partial charge in [-0.1, -0.05) is 42.0 Å². The molecule has 1 atom stereocenters. The number of hydrogen-bond acceptors (Lipinski definition) is 1. The van der Waals surface area contributed by atoms with E-state index in [1.807, 2.05) is 19.1 Å². The first-order valence-corrected chi connectivity index (χ1v) is 4.47. The Morgan fingerprint density at radius 2 is 1.73 bits per heavy atom. The SMILES string of the molecule is Cc1ccc(C=C[C@H](N)C(F)(F)F)cc1. The van der Waals surface area contributed by atoms with Crippen molar-refractivity contribution in [2.45, 2.75) is 19.1 Å². The standard InChI is InChI=1S/C11H12F3N/c1-8-2-4-9(5-3-8)6-7-10(15)11(12,13)14/h2-7,10H,15H2,1H3/t10-/m0/s1. The minimum absolute atomic E-state index is 0.709. The Balaban J connectivity index is 2.70. The van der Waals surface area contributed by atoms with Gasteiger partial charge in [-0.25, -0.2) is 0 Å². The van der Waals surface area contributed by atoms with Crippen molar-refractivity contribution in [3.8, 4) is 0 Å².